The molecule has 0 heterocycles. The molecule has 0 saturated heterocycles. The quantitative estimate of drug-likeness (QED) is 0.836. The van der Waals surface area contributed by atoms with Gasteiger partial charge in [0.05, 0.1) is 11.6 Å². The fourth-order valence-electron chi connectivity index (χ4n) is 1.76. The minimum Gasteiger partial charge on any atom is -0.318 e. The Morgan fingerprint density at radius 2 is 1.82 bits per heavy atom. The van der Waals surface area contributed by atoms with Crippen LogP contribution in [0.3, 0.4) is 0 Å². The molecule has 0 spiro atoms. The fraction of sp³-hybridized carbons (Fsp3) is 0.0625. The number of nitriles is 1. The first kappa shape index (κ1) is 15.5. The summed E-state index contributed by atoms with van der Waals surface area (Å²) < 4.78 is 0. The average molecular weight is 314 g/mol. The number of nitrogens with one attached hydrogen (secondary N) is 2. The number of nitrogens with zero attached hydrogens (tertiary/aromatic N) is 1. The Bertz CT molecular complexity index is 781. The van der Waals surface area contributed by atoms with E-state index in [0.717, 1.165) is 5.56 Å². The first-order valence-corrected chi connectivity index (χ1v) is 6.76. The Morgan fingerprint density at radius 3 is 2.55 bits per heavy atom. The molecule has 2 rings (SSSR count). The molecule has 0 unspecified atom stereocenters. The highest BCUT2D eigenvalue weighted by atomic mass is 35.5. The minimum atomic E-state index is -0.825. The van der Waals surface area contributed by atoms with Crippen LogP contribution >= 0.6 is 11.6 Å². The smallest absolute Gasteiger partial charge is 0.314 e. The van der Waals surface area contributed by atoms with Gasteiger partial charge in [0.1, 0.15) is 0 Å². The molecule has 5 nitrogen and oxygen atoms in total. The summed E-state index contributed by atoms with van der Waals surface area (Å²) in [6.45, 7) is 1.79. The lowest BCUT2D eigenvalue weighted by atomic mass is 10.2. The number of halogens is 1. The molecule has 0 atom stereocenters. The zero-order chi connectivity index (χ0) is 16.1. The van der Waals surface area contributed by atoms with Crippen LogP contribution in [-0.2, 0) is 9.59 Å². The van der Waals surface area contributed by atoms with Gasteiger partial charge in [0.2, 0.25) is 0 Å². The number of carbonyl (C=O) groups excluding carboxylic acids is 2. The summed E-state index contributed by atoms with van der Waals surface area (Å²) in [6, 6.07) is 13.3. The Kier molecular flexibility index (Phi) is 4.77. The van der Waals surface area contributed by atoms with E-state index in [2.05, 4.69) is 10.6 Å². The molecule has 0 saturated carbocycles. The molecule has 0 aromatic heterocycles. The van der Waals surface area contributed by atoms with Crippen molar-refractivity contribution in [3.63, 3.8) is 0 Å². The zero-order valence-electron chi connectivity index (χ0n) is 11.7. The normalized spacial score (nSPS) is 9.68. The van der Waals surface area contributed by atoms with Crippen LogP contribution < -0.4 is 10.6 Å². The van der Waals surface area contributed by atoms with Gasteiger partial charge in [-0.1, -0.05) is 23.7 Å². The van der Waals surface area contributed by atoms with Gasteiger partial charge in [0, 0.05) is 16.4 Å². The molecule has 0 bridgehead atoms. The van der Waals surface area contributed by atoms with Crippen LogP contribution in [0.25, 0.3) is 0 Å². The van der Waals surface area contributed by atoms with Gasteiger partial charge in [-0.15, -0.1) is 0 Å². The molecule has 0 aliphatic heterocycles. The second-order valence-corrected chi connectivity index (χ2v) is 5.00. The van der Waals surface area contributed by atoms with Gasteiger partial charge in [-0.3, -0.25) is 9.59 Å². The number of aryl methyl sites for hydroxylation is 1. The molecule has 0 radical (unpaired) electrons. The third-order valence-corrected chi connectivity index (χ3v) is 3.14. The Labute approximate surface area is 132 Å². The van der Waals surface area contributed by atoms with E-state index in [9.17, 15) is 9.59 Å². The Balaban J connectivity index is 2.08. The maximum atomic E-state index is 11.9. The lowest BCUT2D eigenvalue weighted by Gasteiger charge is -2.09. The molecular formula is C16H12ClN3O2. The summed E-state index contributed by atoms with van der Waals surface area (Å²) >= 11 is 5.86. The number of hydrogen-bond acceptors (Lipinski definition) is 3. The van der Waals surface area contributed by atoms with Gasteiger partial charge >= 0.3 is 11.8 Å². The van der Waals surface area contributed by atoms with E-state index in [1.54, 1.807) is 43.3 Å². The molecule has 2 aromatic rings. The van der Waals surface area contributed by atoms with Crippen molar-refractivity contribution < 1.29 is 9.59 Å². The molecule has 0 aliphatic carbocycles. The van der Waals surface area contributed by atoms with Crippen LogP contribution in [-0.4, -0.2) is 11.8 Å². The van der Waals surface area contributed by atoms with Crippen LogP contribution in [0.1, 0.15) is 11.1 Å². The number of benzene rings is 2. The largest absolute Gasteiger partial charge is 0.318 e. The predicted molar refractivity (Wildman–Crippen MR) is 84.6 cm³/mol. The molecule has 2 amide bonds. The van der Waals surface area contributed by atoms with Crippen LogP contribution in [0.5, 0.6) is 0 Å². The van der Waals surface area contributed by atoms with Gasteiger partial charge in [-0.05, 0) is 42.8 Å². The van der Waals surface area contributed by atoms with Gasteiger partial charge in [0.15, 0.2) is 0 Å². The van der Waals surface area contributed by atoms with Crippen molar-refractivity contribution in [3.05, 3.63) is 58.6 Å². The number of hydrogen-bond donors (Lipinski definition) is 2. The SMILES string of the molecule is Cc1ccc(Cl)cc1NC(=O)C(=O)Nc1cccc(C#N)c1. The highest BCUT2D eigenvalue weighted by molar-refractivity contribution is 6.43. The first-order chi connectivity index (χ1) is 10.5. The van der Waals surface area contributed by atoms with Crippen molar-refractivity contribution in [2.75, 3.05) is 10.6 Å². The van der Waals surface area contributed by atoms with E-state index in [0.29, 0.717) is 22.0 Å². The fourth-order valence-corrected chi connectivity index (χ4v) is 1.93. The maximum Gasteiger partial charge on any atom is 0.314 e. The number of anilines is 2. The molecule has 22 heavy (non-hydrogen) atoms. The molecule has 110 valence electrons. The van der Waals surface area contributed by atoms with E-state index in [1.807, 2.05) is 6.07 Å². The summed E-state index contributed by atoms with van der Waals surface area (Å²) in [5.74, 6) is -1.64. The second kappa shape index (κ2) is 6.74. The summed E-state index contributed by atoms with van der Waals surface area (Å²) in [6.07, 6.45) is 0. The van der Waals surface area contributed by atoms with Crippen molar-refractivity contribution in [1.29, 1.82) is 5.26 Å². The molecule has 2 N–H and O–H groups in total. The Morgan fingerprint density at radius 1 is 1.09 bits per heavy atom. The summed E-state index contributed by atoms with van der Waals surface area (Å²) in [5.41, 5.74) is 2.03. The molecular weight excluding hydrogens is 302 g/mol. The molecule has 6 heteroatoms. The van der Waals surface area contributed by atoms with Crippen LogP contribution in [0.2, 0.25) is 5.02 Å². The van der Waals surface area contributed by atoms with E-state index in [-0.39, 0.29) is 0 Å². The first-order valence-electron chi connectivity index (χ1n) is 6.38. The highest BCUT2D eigenvalue weighted by Crippen LogP contribution is 2.20. The summed E-state index contributed by atoms with van der Waals surface area (Å²) in [5, 5.41) is 14.2. The van der Waals surface area contributed by atoms with Crippen LogP contribution in [0.4, 0.5) is 11.4 Å². The lowest BCUT2D eigenvalue weighted by Crippen LogP contribution is -2.29. The zero-order valence-corrected chi connectivity index (χ0v) is 12.4. The van der Waals surface area contributed by atoms with Crippen molar-refractivity contribution in [2.24, 2.45) is 0 Å². The maximum absolute atomic E-state index is 11.9. The monoisotopic (exact) mass is 313 g/mol. The topological polar surface area (TPSA) is 82.0 Å². The van der Waals surface area contributed by atoms with Crippen molar-refractivity contribution in [3.8, 4) is 6.07 Å². The number of amides is 2. The van der Waals surface area contributed by atoms with Gasteiger partial charge in [-0.2, -0.15) is 5.26 Å². The van der Waals surface area contributed by atoms with E-state index >= 15 is 0 Å². The molecule has 2 aromatic carbocycles. The number of carbonyl (C=O) groups is 2. The van der Waals surface area contributed by atoms with Gasteiger partial charge < -0.3 is 10.6 Å². The summed E-state index contributed by atoms with van der Waals surface area (Å²) in [4.78, 5) is 23.8. The third-order valence-electron chi connectivity index (χ3n) is 2.90. The standard InChI is InChI=1S/C16H12ClN3O2/c1-10-5-6-12(17)8-14(10)20-16(22)15(21)19-13-4-2-3-11(7-13)9-18/h2-8H,1H3,(H,19,21)(H,20,22). The van der Waals surface area contributed by atoms with E-state index in [4.69, 9.17) is 16.9 Å². The van der Waals surface area contributed by atoms with E-state index in [1.165, 1.54) is 6.07 Å². The predicted octanol–water partition coefficient (Wildman–Crippen LogP) is 3.10. The van der Waals surface area contributed by atoms with Crippen LogP contribution in [0, 0.1) is 18.3 Å². The second-order valence-electron chi connectivity index (χ2n) is 4.56. The van der Waals surface area contributed by atoms with E-state index < -0.39 is 11.8 Å². The van der Waals surface area contributed by atoms with Crippen molar-refractivity contribution in [2.45, 2.75) is 6.92 Å². The molecule has 0 aliphatic rings. The van der Waals surface area contributed by atoms with Gasteiger partial charge in [0.25, 0.3) is 0 Å². The lowest BCUT2D eigenvalue weighted by molar-refractivity contribution is -0.133. The minimum absolute atomic E-state index is 0.377. The van der Waals surface area contributed by atoms with Crippen molar-refractivity contribution in [1.82, 2.24) is 0 Å². The Hall–Kier alpha value is -2.84. The van der Waals surface area contributed by atoms with Gasteiger partial charge in [-0.25, -0.2) is 0 Å². The summed E-state index contributed by atoms with van der Waals surface area (Å²) in [7, 11) is 0. The third kappa shape index (κ3) is 3.84. The highest BCUT2D eigenvalue weighted by Gasteiger charge is 2.15. The average Bonchev–Trinajstić information content (AvgIpc) is 2.51. The van der Waals surface area contributed by atoms with Crippen molar-refractivity contribution >= 4 is 34.8 Å². The number of rotatable bonds is 2. The molecule has 0 fully saturated rings. The van der Waals surface area contributed by atoms with Crippen LogP contribution in [0.15, 0.2) is 42.5 Å².